The van der Waals surface area contributed by atoms with E-state index >= 15 is 0 Å². The highest BCUT2D eigenvalue weighted by Gasteiger charge is 2.32. The van der Waals surface area contributed by atoms with Gasteiger partial charge in [0.25, 0.3) is 0 Å². The van der Waals surface area contributed by atoms with Gasteiger partial charge in [-0.15, -0.1) is 13.2 Å². The molecule has 0 amide bonds. The Bertz CT molecular complexity index is 352. The minimum atomic E-state index is -4.80. The molecule has 1 aromatic rings. The van der Waals surface area contributed by atoms with E-state index in [1.54, 1.807) is 0 Å². The molecule has 0 aliphatic carbocycles. The molecule has 0 aromatic heterocycles. The number of rotatable bonds is 4. The maximum Gasteiger partial charge on any atom is 0.573 e. The second kappa shape index (κ2) is 5.07. The number of nitrogens with two attached hydrogens (primary N) is 1. The third kappa shape index (κ3) is 3.98. The molecule has 1 rings (SSSR count). The molecular weight excluding hydrogens is 223 g/mol. The lowest BCUT2D eigenvalue weighted by atomic mass is 10.1. The molecule has 0 fully saturated rings. The predicted octanol–water partition coefficient (Wildman–Crippen LogP) is 2.18. The third-order valence-electron chi connectivity index (χ3n) is 1.92. The number of alkyl halides is 3. The van der Waals surface area contributed by atoms with E-state index in [9.17, 15) is 18.3 Å². The maximum absolute atomic E-state index is 12.0. The van der Waals surface area contributed by atoms with Gasteiger partial charge in [0, 0.05) is 0 Å². The number of aromatic hydroxyl groups is 1. The summed E-state index contributed by atoms with van der Waals surface area (Å²) in [6.07, 6.45) is -3.59. The van der Waals surface area contributed by atoms with E-state index < -0.39 is 17.9 Å². The van der Waals surface area contributed by atoms with Gasteiger partial charge in [-0.2, -0.15) is 0 Å². The molecule has 3 N–H and O–H groups in total. The monoisotopic (exact) mass is 235 g/mol. The largest absolute Gasteiger partial charge is 0.573 e. The van der Waals surface area contributed by atoms with Crippen LogP contribution in [0.15, 0.2) is 18.2 Å². The van der Waals surface area contributed by atoms with Crippen LogP contribution in [0.5, 0.6) is 11.5 Å². The Labute approximate surface area is 90.6 Å². The van der Waals surface area contributed by atoms with E-state index in [4.69, 9.17) is 5.73 Å². The highest BCUT2D eigenvalue weighted by atomic mass is 19.4. The van der Waals surface area contributed by atoms with Gasteiger partial charge in [0.2, 0.25) is 0 Å². The van der Waals surface area contributed by atoms with Crippen molar-refractivity contribution in [3.8, 4) is 11.5 Å². The lowest BCUT2D eigenvalue weighted by Crippen LogP contribution is -2.17. The molecule has 0 bridgehead atoms. The minimum Gasteiger partial charge on any atom is -0.504 e. The van der Waals surface area contributed by atoms with Crippen LogP contribution in [0, 0.1) is 0 Å². The number of benzene rings is 1. The molecular formula is C10H12F3NO2. The van der Waals surface area contributed by atoms with Gasteiger partial charge in [-0.25, -0.2) is 0 Å². The van der Waals surface area contributed by atoms with E-state index in [1.807, 2.05) is 0 Å². The summed E-state index contributed by atoms with van der Waals surface area (Å²) in [4.78, 5) is 0. The van der Waals surface area contributed by atoms with Gasteiger partial charge in [0.15, 0.2) is 11.5 Å². The number of phenols is 1. The van der Waals surface area contributed by atoms with Crippen LogP contribution in [0.4, 0.5) is 13.2 Å². The van der Waals surface area contributed by atoms with Crippen LogP contribution in [0.25, 0.3) is 0 Å². The van der Waals surface area contributed by atoms with Crippen molar-refractivity contribution >= 4 is 0 Å². The van der Waals surface area contributed by atoms with Crippen LogP contribution in [0.2, 0.25) is 0 Å². The van der Waals surface area contributed by atoms with Crippen molar-refractivity contribution in [1.29, 1.82) is 0 Å². The van der Waals surface area contributed by atoms with Gasteiger partial charge < -0.3 is 15.6 Å². The van der Waals surface area contributed by atoms with Crippen molar-refractivity contribution in [3.63, 3.8) is 0 Å². The van der Waals surface area contributed by atoms with E-state index in [0.717, 1.165) is 0 Å². The van der Waals surface area contributed by atoms with E-state index in [-0.39, 0.29) is 0 Å². The zero-order valence-electron chi connectivity index (χ0n) is 8.42. The van der Waals surface area contributed by atoms with Crippen LogP contribution in [0.1, 0.15) is 12.0 Å². The number of aryl methyl sites for hydroxylation is 1. The van der Waals surface area contributed by atoms with Crippen LogP contribution in [-0.2, 0) is 6.42 Å². The number of hydrogen-bond acceptors (Lipinski definition) is 3. The van der Waals surface area contributed by atoms with Gasteiger partial charge in [-0.1, -0.05) is 6.07 Å². The first-order chi connectivity index (χ1) is 7.42. The molecule has 1 aromatic carbocycles. The Kier molecular flexibility index (Phi) is 4.00. The fourth-order valence-electron chi connectivity index (χ4n) is 1.23. The van der Waals surface area contributed by atoms with Crippen molar-refractivity contribution in [2.75, 3.05) is 6.54 Å². The average Bonchev–Trinajstić information content (AvgIpc) is 2.17. The van der Waals surface area contributed by atoms with Crippen LogP contribution < -0.4 is 10.5 Å². The van der Waals surface area contributed by atoms with Crippen LogP contribution >= 0.6 is 0 Å². The topological polar surface area (TPSA) is 55.5 Å². The third-order valence-corrected chi connectivity index (χ3v) is 1.92. The van der Waals surface area contributed by atoms with Crippen LogP contribution in [-0.4, -0.2) is 18.0 Å². The first-order valence-electron chi connectivity index (χ1n) is 4.70. The molecule has 0 unspecified atom stereocenters. The zero-order valence-corrected chi connectivity index (χ0v) is 8.42. The maximum atomic E-state index is 12.0. The summed E-state index contributed by atoms with van der Waals surface area (Å²) in [6, 6.07) is 3.87. The highest BCUT2D eigenvalue weighted by molar-refractivity contribution is 5.42. The summed E-state index contributed by atoms with van der Waals surface area (Å²) >= 11 is 0. The average molecular weight is 235 g/mol. The van der Waals surface area contributed by atoms with Crippen LogP contribution in [0.3, 0.4) is 0 Å². The van der Waals surface area contributed by atoms with Gasteiger partial charge in [0.05, 0.1) is 0 Å². The molecule has 0 aliphatic heterocycles. The molecule has 0 atom stereocenters. The quantitative estimate of drug-likeness (QED) is 0.841. The first-order valence-corrected chi connectivity index (χ1v) is 4.70. The first kappa shape index (κ1) is 12.6. The molecule has 3 nitrogen and oxygen atoms in total. The van der Waals surface area contributed by atoms with Gasteiger partial charge in [-0.05, 0) is 37.1 Å². The molecule has 0 saturated carbocycles. The fourth-order valence-corrected chi connectivity index (χ4v) is 1.23. The molecule has 0 saturated heterocycles. The Morgan fingerprint density at radius 1 is 1.31 bits per heavy atom. The fraction of sp³-hybridized carbons (Fsp3) is 0.400. The summed E-state index contributed by atoms with van der Waals surface area (Å²) < 4.78 is 39.5. The number of halogens is 3. The number of phenolic OH excluding ortho intramolecular Hbond substituents is 1. The number of ether oxygens (including phenoxy) is 1. The lowest BCUT2D eigenvalue weighted by Gasteiger charge is -2.11. The van der Waals surface area contributed by atoms with E-state index in [0.29, 0.717) is 24.9 Å². The normalized spacial score (nSPS) is 11.5. The molecule has 16 heavy (non-hydrogen) atoms. The second-order valence-electron chi connectivity index (χ2n) is 3.24. The smallest absolute Gasteiger partial charge is 0.504 e. The van der Waals surface area contributed by atoms with E-state index in [2.05, 4.69) is 4.74 Å². The standard InChI is InChI=1S/C10H12F3NO2/c11-10(12,13)16-9-6-7(2-1-5-14)3-4-8(9)15/h3-4,6,15H,1-2,5,14H2. The van der Waals surface area contributed by atoms with Crippen molar-refractivity contribution in [2.24, 2.45) is 5.73 Å². The Hall–Kier alpha value is -1.43. The molecule has 6 heteroatoms. The molecule has 0 aliphatic rings. The molecule has 0 heterocycles. The molecule has 90 valence electrons. The van der Waals surface area contributed by atoms with Crippen molar-refractivity contribution in [2.45, 2.75) is 19.2 Å². The SMILES string of the molecule is NCCCc1ccc(O)c(OC(F)(F)F)c1. The summed E-state index contributed by atoms with van der Waals surface area (Å²) in [7, 11) is 0. The Balaban J connectivity index is 2.82. The Morgan fingerprint density at radius 2 is 2.00 bits per heavy atom. The molecule has 0 radical (unpaired) electrons. The summed E-state index contributed by atoms with van der Waals surface area (Å²) in [6.45, 7) is 0.455. The Morgan fingerprint density at radius 3 is 2.56 bits per heavy atom. The van der Waals surface area contributed by atoms with Gasteiger partial charge >= 0.3 is 6.36 Å². The second-order valence-corrected chi connectivity index (χ2v) is 3.24. The number of hydrogen-bond donors (Lipinski definition) is 2. The summed E-state index contributed by atoms with van der Waals surface area (Å²) in [5.74, 6) is -1.11. The zero-order chi connectivity index (χ0) is 12.2. The van der Waals surface area contributed by atoms with Crippen molar-refractivity contribution < 1.29 is 23.0 Å². The summed E-state index contributed by atoms with van der Waals surface area (Å²) in [5, 5.41) is 9.17. The van der Waals surface area contributed by atoms with E-state index in [1.165, 1.54) is 18.2 Å². The van der Waals surface area contributed by atoms with Gasteiger partial charge in [-0.3, -0.25) is 0 Å². The minimum absolute atomic E-state index is 0.455. The lowest BCUT2D eigenvalue weighted by molar-refractivity contribution is -0.275. The predicted molar refractivity (Wildman–Crippen MR) is 52.2 cm³/mol. The van der Waals surface area contributed by atoms with Crippen molar-refractivity contribution in [1.82, 2.24) is 0 Å². The highest BCUT2D eigenvalue weighted by Crippen LogP contribution is 2.32. The molecule has 0 spiro atoms. The van der Waals surface area contributed by atoms with Crippen molar-refractivity contribution in [3.05, 3.63) is 23.8 Å². The van der Waals surface area contributed by atoms with Gasteiger partial charge in [0.1, 0.15) is 0 Å². The summed E-state index contributed by atoms with van der Waals surface area (Å²) in [5.41, 5.74) is 5.93.